The molecule has 0 aliphatic heterocycles. The average Bonchev–Trinajstić information content (AvgIpc) is 2.64. The van der Waals surface area contributed by atoms with Crippen molar-refractivity contribution in [2.45, 2.75) is 6.92 Å². The molecule has 126 valence electrons. The Morgan fingerprint density at radius 1 is 1.00 bits per heavy atom. The summed E-state index contributed by atoms with van der Waals surface area (Å²) >= 11 is 0. The van der Waals surface area contributed by atoms with Crippen LogP contribution >= 0.6 is 0 Å². The Labute approximate surface area is 146 Å². The third-order valence-electron chi connectivity index (χ3n) is 3.68. The van der Waals surface area contributed by atoms with Crippen molar-refractivity contribution < 1.29 is 9.53 Å². The number of nitrogens with one attached hydrogen (secondary N) is 2. The maximum atomic E-state index is 12.2. The summed E-state index contributed by atoms with van der Waals surface area (Å²) in [5, 5.41) is 6.03. The first-order chi connectivity index (χ1) is 12.1. The van der Waals surface area contributed by atoms with Crippen LogP contribution in [0.2, 0.25) is 0 Å². The van der Waals surface area contributed by atoms with Crippen LogP contribution in [0.1, 0.15) is 15.9 Å². The number of aromatic nitrogens is 1. The van der Waals surface area contributed by atoms with Gasteiger partial charge in [0.25, 0.3) is 5.91 Å². The van der Waals surface area contributed by atoms with Gasteiger partial charge < -0.3 is 15.4 Å². The highest BCUT2D eigenvalue weighted by Gasteiger charge is 2.06. The molecule has 2 aromatic carbocycles. The predicted octanol–water partition coefficient (Wildman–Crippen LogP) is 4.39. The first-order valence-electron chi connectivity index (χ1n) is 7.89. The van der Waals surface area contributed by atoms with E-state index in [1.807, 2.05) is 55.5 Å². The van der Waals surface area contributed by atoms with Crippen LogP contribution in [-0.4, -0.2) is 18.0 Å². The molecule has 0 saturated carbocycles. The fourth-order valence-corrected chi connectivity index (χ4v) is 2.30. The number of aryl methyl sites for hydroxylation is 1. The van der Waals surface area contributed by atoms with Gasteiger partial charge in [0, 0.05) is 17.3 Å². The minimum Gasteiger partial charge on any atom is -0.497 e. The molecule has 1 amide bonds. The molecule has 0 bridgehead atoms. The van der Waals surface area contributed by atoms with Gasteiger partial charge in [-0.15, -0.1) is 0 Å². The highest BCUT2D eigenvalue weighted by atomic mass is 16.5. The standard InChI is InChI=1S/C20H19N3O2/c1-14-6-8-15(9-7-14)20(24)23-17-10-11-19(21-13-17)22-16-4-3-5-18(12-16)25-2/h3-13H,1-2H3,(H,21,22)(H,23,24). The molecule has 0 radical (unpaired) electrons. The van der Waals surface area contributed by atoms with Crippen molar-refractivity contribution in [1.82, 2.24) is 4.98 Å². The first-order valence-corrected chi connectivity index (χ1v) is 7.89. The second-order valence-corrected chi connectivity index (χ2v) is 5.61. The van der Waals surface area contributed by atoms with Crippen LogP contribution in [0.5, 0.6) is 5.75 Å². The third kappa shape index (κ3) is 4.35. The Kier molecular flexibility index (Phi) is 4.95. The monoisotopic (exact) mass is 333 g/mol. The summed E-state index contributed by atoms with van der Waals surface area (Å²) in [5.74, 6) is 1.30. The number of anilines is 3. The molecule has 3 aromatic rings. The van der Waals surface area contributed by atoms with E-state index in [0.29, 0.717) is 17.1 Å². The van der Waals surface area contributed by atoms with Crippen molar-refractivity contribution in [3.05, 3.63) is 78.0 Å². The number of benzene rings is 2. The summed E-state index contributed by atoms with van der Waals surface area (Å²) < 4.78 is 5.20. The Hall–Kier alpha value is -3.34. The summed E-state index contributed by atoms with van der Waals surface area (Å²) in [6.07, 6.45) is 1.62. The van der Waals surface area contributed by atoms with Gasteiger partial charge in [0.15, 0.2) is 0 Å². The van der Waals surface area contributed by atoms with E-state index in [1.165, 1.54) is 0 Å². The quantitative estimate of drug-likeness (QED) is 0.727. The molecule has 1 heterocycles. The number of carbonyl (C=O) groups is 1. The number of carbonyl (C=O) groups excluding carboxylic acids is 1. The number of ether oxygens (including phenoxy) is 1. The van der Waals surface area contributed by atoms with Gasteiger partial charge in [0.05, 0.1) is 19.0 Å². The van der Waals surface area contributed by atoms with E-state index in [0.717, 1.165) is 17.0 Å². The lowest BCUT2D eigenvalue weighted by Gasteiger charge is -2.09. The molecular weight excluding hydrogens is 314 g/mol. The Balaban J connectivity index is 1.65. The van der Waals surface area contributed by atoms with Crippen molar-refractivity contribution in [2.24, 2.45) is 0 Å². The van der Waals surface area contributed by atoms with E-state index in [9.17, 15) is 4.79 Å². The number of hydrogen-bond acceptors (Lipinski definition) is 4. The zero-order chi connectivity index (χ0) is 17.6. The summed E-state index contributed by atoms with van der Waals surface area (Å²) in [6, 6.07) is 18.6. The van der Waals surface area contributed by atoms with Gasteiger partial charge in [0.2, 0.25) is 0 Å². The fraction of sp³-hybridized carbons (Fsp3) is 0.100. The van der Waals surface area contributed by atoms with E-state index < -0.39 is 0 Å². The zero-order valence-corrected chi connectivity index (χ0v) is 14.1. The number of amides is 1. The summed E-state index contributed by atoms with van der Waals surface area (Å²) in [4.78, 5) is 16.5. The van der Waals surface area contributed by atoms with Crippen LogP contribution in [0.15, 0.2) is 66.9 Å². The maximum Gasteiger partial charge on any atom is 0.255 e. The minimum atomic E-state index is -0.157. The van der Waals surface area contributed by atoms with Gasteiger partial charge >= 0.3 is 0 Å². The zero-order valence-electron chi connectivity index (χ0n) is 14.1. The molecule has 0 aliphatic carbocycles. The lowest BCUT2D eigenvalue weighted by Crippen LogP contribution is -2.12. The first kappa shape index (κ1) is 16.5. The molecule has 0 atom stereocenters. The highest BCUT2D eigenvalue weighted by Crippen LogP contribution is 2.21. The molecule has 25 heavy (non-hydrogen) atoms. The number of pyridine rings is 1. The van der Waals surface area contributed by atoms with Gasteiger partial charge in [-0.3, -0.25) is 4.79 Å². The van der Waals surface area contributed by atoms with Crippen LogP contribution < -0.4 is 15.4 Å². The Morgan fingerprint density at radius 3 is 2.48 bits per heavy atom. The molecule has 5 nitrogen and oxygen atoms in total. The molecule has 0 saturated heterocycles. The minimum absolute atomic E-state index is 0.157. The van der Waals surface area contributed by atoms with Crippen LogP contribution in [-0.2, 0) is 0 Å². The topological polar surface area (TPSA) is 63.2 Å². The van der Waals surface area contributed by atoms with Crippen molar-refractivity contribution in [3.63, 3.8) is 0 Å². The summed E-state index contributed by atoms with van der Waals surface area (Å²) in [6.45, 7) is 1.99. The smallest absolute Gasteiger partial charge is 0.255 e. The molecule has 3 rings (SSSR count). The van der Waals surface area contributed by atoms with Crippen molar-refractivity contribution in [3.8, 4) is 5.75 Å². The lowest BCUT2D eigenvalue weighted by atomic mass is 10.1. The van der Waals surface area contributed by atoms with Crippen molar-refractivity contribution >= 4 is 23.1 Å². The number of methoxy groups -OCH3 is 1. The highest BCUT2D eigenvalue weighted by molar-refractivity contribution is 6.04. The van der Waals surface area contributed by atoms with Crippen molar-refractivity contribution in [1.29, 1.82) is 0 Å². The fourth-order valence-electron chi connectivity index (χ4n) is 2.30. The van der Waals surface area contributed by atoms with Crippen molar-refractivity contribution in [2.75, 3.05) is 17.7 Å². The Bertz CT molecular complexity index is 859. The summed E-state index contributed by atoms with van der Waals surface area (Å²) in [7, 11) is 1.63. The average molecular weight is 333 g/mol. The van der Waals surface area contributed by atoms with E-state index in [-0.39, 0.29) is 5.91 Å². The van der Waals surface area contributed by atoms with Gasteiger partial charge in [-0.05, 0) is 43.3 Å². The largest absolute Gasteiger partial charge is 0.497 e. The van der Waals surface area contributed by atoms with Gasteiger partial charge in [-0.1, -0.05) is 23.8 Å². The number of hydrogen-bond donors (Lipinski definition) is 2. The van der Waals surface area contributed by atoms with Crippen LogP contribution in [0.25, 0.3) is 0 Å². The third-order valence-corrected chi connectivity index (χ3v) is 3.68. The SMILES string of the molecule is COc1cccc(Nc2ccc(NC(=O)c3ccc(C)cc3)cn2)c1. The number of rotatable bonds is 5. The molecule has 0 fully saturated rings. The van der Waals surface area contributed by atoms with E-state index >= 15 is 0 Å². The van der Waals surface area contributed by atoms with E-state index in [1.54, 1.807) is 25.4 Å². The maximum absolute atomic E-state index is 12.2. The molecule has 0 spiro atoms. The second kappa shape index (κ2) is 7.49. The molecule has 2 N–H and O–H groups in total. The normalized spacial score (nSPS) is 10.2. The molecule has 1 aromatic heterocycles. The summed E-state index contributed by atoms with van der Waals surface area (Å²) in [5.41, 5.74) is 3.25. The van der Waals surface area contributed by atoms with Gasteiger partial charge in [-0.25, -0.2) is 4.98 Å². The molecule has 0 unspecified atom stereocenters. The number of nitrogens with zero attached hydrogens (tertiary/aromatic N) is 1. The van der Waals surface area contributed by atoms with E-state index in [4.69, 9.17) is 4.74 Å². The van der Waals surface area contributed by atoms with Crippen LogP contribution in [0.4, 0.5) is 17.2 Å². The van der Waals surface area contributed by atoms with Crippen LogP contribution in [0, 0.1) is 6.92 Å². The molecule has 5 heteroatoms. The Morgan fingerprint density at radius 2 is 1.80 bits per heavy atom. The van der Waals surface area contributed by atoms with Gasteiger partial charge in [-0.2, -0.15) is 0 Å². The lowest BCUT2D eigenvalue weighted by molar-refractivity contribution is 0.102. The van der Waals surface area contributed by atoms with Gasteiger partial charge in [0.1, 0.15) is 11.6 Å². The predicted molar refractivity (Wildman–Crippen MR) is 99.6 cm³/mol. The molecular formula is C20H19N3O2. The molecule has 0 aliphatic rings. The second-order valence-electron chi connectivity index (χ2n) is 5.61. The van der Waals surface area contributed by atoms with Crippen LogP contribution in [0.3, 0.4) is 0 Å². The van der Waals surface area contributed by atoms with E-state index in [2.05, 4.69) is 15.6 Å².